The highest BCUT2D eigenvalue weighted by Gasteiger charge is 2.30. The van der Waals surface area contributed by atoms with Gasteiger partial charge in [0.2, 0.25) is 5.95 Å². The normalized spacial score (nSPS) is 16.7. The van der Waals surface area contributed by atoms with Gasteiger partial charge in [0.05, 0.1) is 0 Å². The standard InChI is InChI=1S/C20H25N5O2/c1-5-10-23-18(26)16-17(22(4)20(23)27)21-19-24(11-13(2)12-25(16)19)15-9-7-6-8-14(15)3/h6-9,13H,5,10-12H2,1-4H3/t13-/m0/s1. The van der Waals surface area contributed by atoms with E-state index in [1.807, 2.05) is 23.6 Å². The van der Waals surface area contributed by atoms with Crippen LogP contribution in [0.5, 0.6) is 0 Å². The fourth-order valence-corrected chi connectivity index (χ4v) is 3.99. The predicted molar refractivity (Wildman–Crippen MR) is 107 cm³/mol. The molecule has 142 valence electrons. The molecule has 0 saturated carbocycles. The lowest BCUT2D eigenvalue weighted by Gasteiger charge is -2.33. The molecule has 1 atom stereocenters. The monoisotopic (exact) mass is 367 g/mol. The molecule has 0 N–H and O–H groups in total. The van der Waals surface area contributed by atoms with Gasteiger partial charge in [-0.1, -0.05) is 32.0 Å². The van der Waals surface area contributed by atoms with Crippen molar-refractivity contribution in [1.82, 2.24) is 18.7 Å². The Balaban J connectivity index is 2.04. The molecular weight excluding hydrogens is 342 g/mol. The molecule has 1 aliphatic heterocycles. The van der Waals surface area contributed by atoms with Crippen LogP contribution in [0.2, 0.25) is 0 Å². The first-order chi connectivity index (χ1) is 12.9. The molecule has 0 saturated heterocycles. The Morgan fingerprint density at radius 3 is 2.63 bits per heavy atom. The van der Waals surface area contributed by atoms with Crippen molar-refractivity contribution in [3.05, 3.63) is 50.7 Å². The van der Waals surface area contributed by atoms with Crippen molar-refractivity contribution < 1.29 is 0 Å². The topological polar surface area (TPSA) is 65.1 Å². The quantitative estimate of drug-likeness (QED) is 0.713. The zero-order chi connectivity index (χ0) is 19.3. The molecule has 0 spiro atoms. The summed E-state index contributed by atoms with van der Waals surface area (Å²) in [6.07, 6.45) is 0.730. The molecule has 0 amide bonds. The van der Waals surface area contributed by atoms with Crippen molar-refractivity contribution >= 4 is 22.8 Å². The van der Waals surface area contributed by atoms with Gasteiger partial charge in [0.1, 0.15) is 0 Å². The number of benzene rings is 1. The van der Waals surface area contributed by atoms with Crippen LogP contribution >= 0.6 is 0 Å². The lowest BCUT2D eigenvalue weighted by Crippen LogP contribution is -2.40. The summed E-state index contributed by atoms with van der Waals surface area (Å²) in [6, 6.07) is 8.18. The van der Waals surface area contributed by atoms with Gasteiger partial charge in [-0.15, -0.1) is 0 Å². The van der Waals surface area contributed by atoms with Crippen LogP contribution < -0.4 is 16.1 Å². The van der Waals surface area contributed by atoms with Gasteiger partial charge >= 0.3 is 5.69 Å². The highest BCUT2D eigenvalue weighted by molar-refractivity contribution is 5.77. The van der Waals surface area contributed by atoms with E-state index in [1.54, 1.807) is 7.05 Å². The smallest absolute Gasteiger partial charge is 0.311 e. The molecule has 0 aliphatic carbocycles. The van der Waals surface area contributed by atoms with Crippen LogP contribution in [0.15, 0.2) is 33.9 Å². The van der Waals surface area contributed by atoms with Crippen LogP contribution in [-0.4, -0.2) is 25.2 Å². The van der Waals surface area contributed by atoms with Crippen molar-refractivity contribution in [2.24, 2.45) is 13.0 Å². The van der Waals surface area contributed by atoms with E-state index in [0.717, 1.165) is 30.2 Å². The molecule has 7 heteroatoms. The second-order valence-corrected chi connectivity index (χ2v) is 7.50. The Morgan fingerprint density at radius 1 is 1.19 bits per heavy atom. The summed E-state index contributed by atoms with van der Waals surface area (Å²) in [5.74, 6) is 1.09. The van der Waals surface area contributed by atoms with E-state index >= 15 is 0 Å². The molecule has 3 heterocycles. The largest absolute Gasteiger partial charge is 0.332 e. The predicted octanol–water partition coefficient (Wildman–Crippen LogP) is 2.40. The van der Waals surface area contributed by atoms with E-state index in [9.17, 15) is 9.59 Å². The Labute approximate surface area is 157 Å². The number of hydrogen-bond acceptors (Lipinski definition) is 4. The molecule has 0 unspecified atom stereocenters. The van der Waals surface area contributed by atoms with Crippen LogP contribution in [-0.2, 0) is 20.1 Å². The highest BCUT2D eigenvalue weighted by atomic mass is 16.2. The molecule has 0 radical (unpaired) electrons. The Bertz CT molecular complexity index is 1140. The average Bonchev–Trinajstić information content (AvgIpc) is 3.03. The summed E-state index contributed by atoms with van der Waals surface area (Å²) in [5.41, 5.74) is 2.67. The summed E-state index contributed by atoms with van der Waals surface area (Å²) in [6.45, 7) is 8.17. The maximum Gasteiger partial charge on any atom is 0.332 e. The maximum atomic E-state index is 13.1. The third-order valence-electron chi connectivity index (χ3n) is 5.30. The van der Waals surface area contributed by atoms with Gasteiger partial charge in [-0.2, -0.15) is 4.98 Å². The third-order valence-corrected chi connectivity index (χ3v) is 5.30. The zero-order valence-electron chi connectivity index (χ0n) is 16.3. The second kappa shape index (κ2) is 6.40. The molecular formula is C20H25N5O2. The van der Waals surface area contributed by atoms with Crippen LogP contribution in [0.4, 0.5) is 11.6 Å². The number of hydrogen-bond donors (Lipinski definition) is 0. The van der Waals surface area contributed by atoms with Crippen molar-refractivity contribution in [3.8, 4) is 0 Å². The van der Waals surface area contributed by atoms with Crippen molar-refractivity contribution in [2.45, 2.75) is 40.3 Å². The number of anilines is 2. The summed E-state index contributed by atoms with van der Waals surface area (Å²) >= 11 is 0. The molecule has 1 aromatic carbocycles. The molecule has 1 aliphatic rings. The van der Waals surface area contributed by atoms with Gasteiger partial charge < -0.3 is 9.47 Å². The number of fused-ring (bicyclic) bond motifs is 3. The minimum absolute atomic E-state index is 0.243. The van der Waals surface area contributed by atoms with Crippen LogP contribution in [0.3, 0.4) is 0 Å². The van der Waals surface area contributed by atoms with Gasteiger partial charge in [0, 0.05) is 32.4 Å². The first-order valence-corrected chi connectivity index (χ1v) is 9.47. The van der Waals surface area contributed by atoms with Gasteiger partial charge in [0.15, 0.2) is 11.2 Å². The average molecular weight is 367 g/mol. The van der Waals surface area contributed by atoms with Gasteiger partial charge in [-0.25, -0.2) is 4.79 Å². The minimum Gasteiger partial charge on any atom is -0.311 e. The maximum absolute atomic E-state index is 13.1. The molecule has 3 aromatic rings. The fraction of sp³-hybridized carbons (Fsp3) is 0.450. The number of aromatic nitrogens is 4. The van der Waals surface area contributed by atoms with E-state index in [-0.39, 0.29) is 11.2 Å². The first kappa shape index (κ1) is 17.6. The van der Waals surface area contributed by atoms with Crippen molar-refractivity contribution in [2.75, 3.05) is 11.4 Å². The third kappa shape index (κ3) is 2.60. The fourth-order valence-electron chi connectivity index (χ4n) is 3.99. The first-order valence-electron chi connectivity index (χ1n) is 9.47. The number of aryl methyl sites for hydroxylation is 2. The Morgan fingerprint density at radius 2 is 1.93 bits per heavy atom. The number of nitrogens with zero attached hydrogens (tertiary/aromatic N) is 5. The Hall–Kier alpha value is -2.83. The van der Waals surface area contributed by atoms with Crippen molar-refractivity contribution in [3.63, 3.8) is 0 Å². The molecule has 27 heavy (non-hydrogen) atoms. The zero-order valence-corrected chi connectivity index (χ0v) is 16.3. The summed E-state index contributed by atoms with van der Waals surface area (Å²) in [5, 5.41) is 0. The van der Waals surface area contributed by atoms with Crippen molar-refractivity contribution in [1.29, 1.82) is 0 Å². The number of imidazole rings is 1. The van der Waals surface area contributed by atoms with Gasteiger partial charge in [-0.3, -0.25) is 13.9 Å². The van der Waals surface area contributed by atoms with Gasteiger partial charge in [-0.05, 0) is 30.9 Å². The molecule has 7 nitrogen and oxygen atoms in total. The lowest BCUT2D eigenvalue weighted by atomic mass is 10.1. The second-order valence-electron chi connectivity index (χ2n) is 7.50. The van der Waals surface area contributed by atoms with E-state index in [0.29, 0.717) is 30.2 Å². The minimum atomic E-state index is -0.305. The number of rotatable bonds is 3. The summed E-state index contributed by atoms with van der Waals surface area (Å²) in [4.78, 5) is 32.7. The van der Waals surface area contributed by atoms with Crippen LogP contribution in [0, 0.1) is 12.8 Å². The number of para-hydroxylation sites is 1. The van der Waals surface area contributed by atoms with Crippen LogP contribution in [0.25, 0.3) is 11.2 Å². The molecule has 2 aromatic heterocycles. The summed E-state index contributed by atoms with van der Waals surface area (Å²) < 4.78 is 4.82. The van der Waals surface area contributed by atoms with E-state index in [2.05, 4.69) is 30.9 Å². The molecule has 4 rings (SSSR count). The van der Waals surface area contributed by atoms with Gasteiger partial charge in [0.25, 0.3) is 5.56 Å². The molecule has 0 bridgehead atoms. The molecule has 0 fully saturated rings. The SMILES string of the molecule is CCCn1c(=O)c2c(nc3n2C[C@@H](C)CN3c2ccccc2C)n(C)c1=O. The lowest BCUT2D eigenvalue weighted by molar-refractivity contribution is 0.457. The highest BCUT2D eigenvalue weighted by Crippen LogP contribution is 2.34. The summed E-state index contributed by atoms with van der Waals surface area (Å²) in [7, 11) is 1.69. The van der Waals surface area contributed by atoms with E-state index < -0.39 is 0 Å². The van der Waals surface area contributed by atoms with Crippen LogP contribution in [0.1, 0.15) is 25.8 Å². The van der Waals surface area contributed by atoms with E-state index in [4.69, 9.17) is 4.98 Å². The van der Waals surface area contributed by atoms with E-state index in [1.165, 1.54) is 9.13 Å². The Kier molecular flexibility index (Phi) is 4.17.